The van der Waals surface area contributed by atoms with Crippen LogP contribution in [-0.4, -0.2) is 15.0 Å². The van der Waals surface area contributed by atoms with Crippen LogP contribution in [0.15, 0.2) is 297 Å². The van der Waals surface area contributed by atoms with Crippen molar-refractivity contribution in [3.05, 3.63) is 297 Å². The second-order valence-electron chi connectivity index (χ2n) is 19.6. The van der Waals surface area contributed by atoms with Crippen LogP contribution >= 0.6 is 14.9 Å². The van der Waals surface area contributed by atoms with E-state index in [4.69, 9.17) is 15.0 Å². The van der Waals surface area contributed by atoms with Gasteiger partial charge < -0.3 is 0 Å². The van der Waals surface area contributed by atoms with Crippen molar-refractivity contribution in [3.63, 3.8) is 0 Å². The van der Waals surface area contributed by atoms with Crippen molar-refractivity contribution in [1.82, 2.24) is 15.0 Å². The first kappa shape index (κ1) is 48.5. The van der Waals surface area contributed by atoms with Gasteiger partial charge in [-0.2, -0.15) is 0 Å². The zero-order valence-electron chi connectivity index (χ0n) is 43.1. The Balaban J connectivity index is 1.01. The second-order valence-corrected chi connectivity index (χ2v) is 24.4. The van der Waals surface area contributed by atoms with Crippen molar-refractivity contribution in [2.75, 3.05) is 18.7 Å². The predicted octanol–water partition coefficient (Wildman–Crippen LogP) is 17.8. The molecule has 0 spiro atoms. The molecular formula is C69H49N7O2P2. The average molecular weight is 1070 g/mol. The largest absolute Gasteiger partial charge is 0.301 e. The van der Waals surface area contributed by atoms with Crippen molar-refractivity contribution < 1.29 is 9.13 Å². The van der Waals surface area contributed by atoms with Crippen LogP contribution in [0.3, 0.4) is 0 Å². The topological polar surface area (TPSA) is 85.8 Å². The highest BCUT2D eigenvalue weighted by molar-refractivity contribution is 7.76. The predicted molar refractivity (Wildman–Crippen MR) is 329 cm³/mol. The maximum atomic E-state index is 16.6. The summed E-state index contributed by atoms with van der Waals surface area (Å²) in [6.45, 7) is 0. The average Bonchev–Trinajstić information content (AvgIpc) is 3.66. The highest BCUT2D eigenvalue weighted by atomic mass is 31.2. The first-order valence-electron chi connectivity index (χ1n) is 26.5. The quantitative estimate of drug-likeness (QED) is 0.118. The van der Waals surface area contributed by atoms with Crippen LogP contribution in [0.5, 0.6) is 0 Å². The lowest BCUT2D eigenvalue weighted by Crippen LogP contribution is -2.26. The van der Waals surface area contributed by atoms with Gasteiger partial charge in [-0.15, -0.1) is 0 Å². The van der Waals surface area contributed by atoms with Crippen molar-refractivity contribution in [2.45, 2.75) is 0 Å². The molecule has 2 aliphatic rings. The molecule has 0 bridgehead atoms. The van der Waals surface area contributed by atoms with Crippen LogP contribution in [0.25, 0.3) is 56.4 Å². The number of para-hydroxylation sites is 4. The Hall–Kier alpha value is -9.91. The third-order valence-corrected chi connectivity index (χ3v) is 20.6. The molecular weight excluding hydrogens is 1020 g/mol. The molecule has 1 aromatic heterocycles. The molecule has 0 amide bonds. The number of benzene rings is 11. The summed E-state index contributed by atoms with van der Waals surface area (Å²) in [5.74, 6) is 1.58. The Bertz CT molecular complexity index is 4050. The Morgan fingerprint density at radius 1 is 0.225 bits per heavy atom. The zero-order valence-corrected chi connectivity index (χ0v) is 44.9. The molecule has 0 N–H and O–H groups in total. The normalized spacial score (nSPS) is 16.4. The molecule has 9 nitrogen and oxygen atoms in total. The van der Waals surface area contributed by atoms with Gasteiger partial charge >= 0.3 is 14.9 Å². The van der Waals surface area contributed by atoms with Gasteiger partial charge in [0.25, 0.3) is 0 Å². The van der Waals surface area contributed by atoms with Gasteiger partial charge in [0.15, 0.2) is 17.5 Å². The Labute approximate surface area is 465 Å². The van der Waals surface area contributed by atoms with Crippen molar-refractivity contribution in [3.8, 4) is 56.4 Å². The van der Waals surface area contributed by atoms with Gasteiger partial charge in [0.05, 0.1) is 33.4 Å². The molecule has 0 saturated carbocycles. The fourth-order valence-corrected chi connectivity index (χ4v) is 17.1. The number of hydrogen-bond acceptors (Lipinski definition) is 5. The zero-order chi connectivity index (χ0) is 53.6. The fourth-order valence-electron chi connectivity index (χ4n) is 11.1. The molecule has 0 saturated heterocycles. The maximum absolute atomic E-state index is 16.6. The maximum Gasteiger partial charge on any atom is 0.301 e. The third-order valence-electron chi connectivity index (χ3n) is 14.7. The van der Waals surface area contributed by atoms with E-state index in [1.807, 2.05) is 261 Å². The van der Waals surface area contributed by atoms with E-state index in [1.54, 1.807) is 0 Å². The van der Waals surface area contributed by atoms with Crippen molar-refractivity contribution >= 4 is 71.0 Å². The van der Waals surface area contributed by atoms with Gasteiger partial charge in [0.2, 0.25) is 0 Å². The summed E-state index contributed by atoms with van der Waals surface area (Å²) in [5, 5.41) is 1.41. The SMILES string of the molecule is O=P1(c2ccccc2)N(c2ccccc2)c2ccc(-c3cc(-c4ccc5c(c4)N(c4ccccc4)P(=O)(c4ccccc4)N5c4ccccc4)cc(-c4nc(-c5ccccc5)nc(-c5ccccc5)n4)c3)cc2N1c1ccccc1. The molecule has 0 aliphatic carbocycles. The molecule has 80 heavy (non-hydrogen) atoms. The number of anilines is 8. The minimum absolute atomic E-state index is 0.493. The van der Waals surface area contributed by atoms with Gasteiger partial charge in [-0.1, -0.05) is 182 Å². The number of fused-ring (bicyclic) bond motifs is 2. The van der Waals surface area contributed by atoms with Gasteiger partial charge in [-0.3, -0.25) is 27.8 Å². The summed E-state index contributed by atoms with van der Waals surface area (Å²) in [6.07, 6.45) is 0. The number of aromatic nitrogens is 3. The molecule has 2 atom stereocenters. The lowest BCUT2D eigenvalue weighted by Gasteiger charge is -2.33. The molecule has 3 heterocycles. The van der Waals surface area contributed by atoms with Crippen LogP contribution in [0.2, 0.25) is 0 Å². The minimum Gasteiger partial charge on any atom is -0.270 e. The van der Waals surface area contributed by atoms with Gasteiger partial charge in [0.1, 0.15) is 0 Å². The second kappa shape index (κ2) is 20.1. The Morgan fingerprint density at radius 3 is 0.812 bits per heavy atom. The van der Waals surface area contributed by atoms with Gasteiger partial charge in [-0.25, -0.2) is 15.0 Å². The molecule has 11 heteroatoms. The van der Waals surface area contributed by atoms with Crippen LogP contribution < -0.4 is 29.3 Å². The van der Waals surface area contributed by atoms with Crippen LogP contribution in [0.4, 0.5) is 45.5 Å². The molecule has 14 rings (SSSR count). The Kier molecular flexibility index (Phi) is 12.2. The third kappa shape index (κ3) is 8.31. The minimum atomic E-state index is -3.66. The van der Waals surface area contributed by atoms with E-state index in [1.165, 1.54) is 0 Å². The summed E-state index contributed by atoms with van der Waals surface area (Å²) in [4.78, 5) is 15.6. The number of rotatable bonds is 11. The van der Waals surface area contributed by atoms with Crippen LogP contribution in [0, 0.1) is 0 Å². The van der Waals surface area contributed by atoms with E-state index in [0.29, 0.717) is 28.1 Å². The standard InChI is InChI=1S/C69H49N7O2P2/c77-79(61-37-21-7-22-38-61)73(57-29-13-3-14-30-57)63-43-41-52(48-65(63)75(79)59-33-17-5-18-34-59)54-45-55(47-56(46-54)69-71-67(50-25-9-1-10-26-50)70-68(72-69)51-27-11-2-12-28-51)53-42-44-64-66(49-53)76(60-35-19-6-20-36-60)80(78,62-39-23-8-24-40-62)74(64)58-31-15-4-16-32-58/h1-49H. The molecule has 2 aliphatic heterocycles. The summed E-state index contributed by atoms with van der Waals surface area (Å²) < 4.78 is 41.4. The van der Waals surface area contributed by atoms with Crippen LogP contribution in [0.1, 0.15) is 0 Å². The number of nitrogens with zero attached hydrogens (tertiary/aromatic N) is 7. The molecule has 2 unspecified atom stereocenters. The summed E-state index contributed by atoms with van der Waals surface area (Å²) in [5.41, 5.74) is 12.5. The first-order valence-corrected chi connectivity index (χ1v) is 29.7. The Morgan fingerprint density at radius 2 is 0.487 bits per heavy atom. The lowest BCUT2D eigenvalue weighted by molar-refractivity contribution is 0.581. The van der Waals surface area contributed by atoms with E-state index in [2.05, 4.69) is 54.6 Å². The summed E-state index contributed by atoms with van der Waals surface area (Å²) >= 11 is 0. The van der Waals surface area contributed by atoms with Crippen LogP contribution in [-0.2, 0) is 9.13 Å². The number of hydrogen-bond donors (Lipinski definition) is 0. The van der Waals surface area contributed by atoms with E-state index < -0.39 is 14.9 Å². The highest BCUT2D eigenvalue weighted by Gasteiger charge is 2.50. The molecule has 0 radical (unpaired) electrons. The summed E-state index contributed by atoms with van der Waals surface area (Å²) in [6, 6.07) is 98.8. The summed E-state index contributed by atoms with van der Waals surface area (Å²) in [7, 11) is -7.31. The van der Waals surface area contributed by atoms with Gasteiger partial charge in [0, 0.05) is 39.4 Å². The molecule has 0 fully saturated rings. The van der Waals surface area contributed by atoms with E-state index in [9.17, 15) is 0 Å². The highest BCUT2D eigenvalue weighted by Crippen LogP contribution is 2.72. The smallest absolute Gasteiger partial charge is 0.270 e. The monoisotopic (exact) mass is 1070 g/mol. The fraction of sp³-hybridized carbons (Fsp3) is 0. The van der Waals surface area contributed by atoms with E-state index in [-0.39, 0.29) is 0 Å². The molecule has 382 valence electrons. The van der Waals surface area contributed by atoms with E-state index in [0.717, 1.165) is 84.4 Å². The van der Waals surface area contributed by atoms with Gasteiger partial charge in [-0.05, 0) is 138 Å². The van der Waals surface area contributed by atoms with Crippen molar-refractivity contribution in [1.29, 1.82) is 0 Å². The first-order chi connectivity index (χ1) is 39.4. The van der Waals surface area contributed by atoms with E-state index >= 15 is 9.13 Å². The molecule has 12 aromatic rings. The molecule has 11 aromatic carbocycles. The lowest BCUT2D eigenvalue weighted by atomic mass is 9.94. The van der Waals surface area contributed by atoms with Crippen molar-refractivity contribution in [2.24, 2.45) is 0 Å².